The quantitative estimate of drug-likeness (QED) is 0.490. The smallest absolute Gasteiger partial charge is 0.320 e. The van der Waals surface area contributed by atoms with Crippen molar-refractivity contribution in [3.05, 3.63) is 65.3 Å². The van der Waals surface area contributed by atoms with Gasteiger partial charge in [0.2, 0.25) is 0 Å². The Labute approximate surface area is 191 Å². The Bertz CT molecular complexity index is 787. The highest BCUT2D eigenvalue weighted by Crippen LogP contribution is 2.22. The number of carbonyl (C=O) groups excluding carboxylic acids is 1. The first-order chi connectivity index (χ1) is 15.3. The molecule has 0 spiro atoms. The summed E-state index contributed by atoms with van der Waals surface area (Å²) < 4.78 is 28.0. The molecule has 0 aliphatic rings. The molecular weight excluding hydrogens is 414 g/mol. The molecule has 1 rings (SSSR count). The van der Waals surface area contributed by atoms with Crippen LogP contribution in [0.3, 0.4) is 0 Å². The predicted octanol–water partition coefficient (Wildman–Crippen LogP) is 5.01. The van der Waals surface area contributed by atoms with Crippen LogP contribution in [0.5, 0.6) is 0 Å². The van der Waals surface area contributed by atoms with Crippen molar-refractivity contribution < 1.29 is 23.8 Å². The Morgan fingerprint density at radius 1 is 1.19 bits per heavy atom. The number of hydrogen-bond acceptors (Lipinski definition) is 3. The molecule has 0 saturated heterocycles. The second-order valence-corrected chi connectivity index (χ2v) is 7.06. The Hall–Kier alpha value is -2.51. The molecule has 7 heteroatoms. The highest BCUT2D eigenvalue weighted by atomic mass is 19.1. The molecule has 5 nitrogen and oxygen atoms in total. The van der Waals surface area contributed by atoms with Crippen molar-refractivity contribution in [3.63, 3.8) is 0 Å². The molecule has 0 bridgehead atoms. The third-order valence-corrected chi connectivity index (χ3v) is 4.85. The van der Waals surface area contributed by atoms with E-state index < -0.39 is 11.6 Å². The summed E-state index contributed by atoms with van der Waals surface area (Å²) in [7, 11) is 1.61. The standard InChI is InChI=1S/C23H32F2N2O3.C2H6/c1-5-18(21-13-19(24)10-11-22(21)25)15-27(14-17(3)9-7-8-12-28)23(30)26(4)20(6-2)16-29;1-2/h5,7-11,13,20,28-29H,6,12,14-16H2,1-4H3;1-2H3/b8-7-,17-9+,18-5+;. The number of aliphatic hydroxyl groups excluding tert-OH is 2. The molecule has 0 aliphatic carbocycles. The summed E-state index contributed by atoms with van der Waals surface area (Å²) in [5.41, 5.74) is 1.42. The van der Waals surface area contributed by atoms with Crippen molar-refractivity contribution >= 4 is 11.6 Å². The molecule has 0 fully saturated rings. The van der Waals surface area contributed by atoms with Crippen LogP contribution in [0.1, 0.15) is 46.6 Å². The number of halogens is 2. The van der Waals surface area contributed by atoms with Gasteiger partial charge >= 0.3 is 6.03 Å². The normalized spacial score (nSPS) is 12.9. The topological polar surface area (TPSA) is 64.0 Å². The van der Waals surface area contributed by atoms with Crippen LogP contribution < -0.4 is 0 Å². The summed E-state index contributed by atoms with van der Waals surface area (Å²) >= 11 is 0. The lowest BCUT2D eigenvalue weighted by atomic mass is 10.0. The molecule has 1 aromatic carbocycles. The first-order valence-electron chi connectivity index (χ1n) is 10.9. The Morgan fingerprint density at radius 2 is 1.84 bits per heavy atom. The van der Waals surface area contributed by atoms with Crippen LogP contribution in [0.25, 0.3) is 5.57 Å². The van der Waals surface area contributed by atoms with Crippen molar-refractivity contribution in [2.45, 2.75) is 47.1 Å². The maximum Gasteiger partial charge on any atom is 0.320 e. The van der Waals surface area contributed by atoms with Crippen molar-refractivity contribution in [2.24, 2.45) is 0 Å². The van der Waals surface area contributed by atoms with E-state index in [2.05, 4.69) is 0 Å². The lowest BCUT2D eigenvalue weighted by Gasteiger charge is -2.33. The van der Waals surface area contributed by atoms with Gasteiger partial charge in [0.05, 0.1) is 19.3 Å². The lowest BCUT2D eigenvalue weighted by Crippen LogP contribution is -2.48. The number of hydrogen-bond donors (Lipinski definition) is 2. The van der Waals surface area contributed by atoms with Gasteiger partial charge in [-0.25, -0.2) is 13.6 Å². The molecular formula is C25H38F2N2O3. The van der Waals surface area contributed by atoms with E-state index in [9.17, 15) is 18.7 Å². The number of aliphatic hydroxyl groups is 2. The van der Waals surface area contributed by atoms with E-state index in [1.165, 1.54) is 9.80 Å². The molecule has 2 amide bonds. The zero-order valence-electron chi connectivity index (χ0n) is 20.1. The van der Waals surface area contributed by atoms with Crippen molar-refractivity contribution in [1.29, 1.82) is 0 Å². The molecule has 0 aliphatic heterocycles. The van der Waals surface area contributed by atoms with Gasteiger partial charge in [-0.2, -0.15) is 0 Å². The predicted molar refractivity (Wildman–Crippen MR) is 127 cm³/mol. The van der Waals surface area contributed by atoms with Crippen LogP contribution in [0.15, 0.2) is 48.1 Å². The molecule has 32 heavy (non-hydrogen) atoms. The molecule has 0 aromatic heterocycles. The maximum atomic E-state index is 14.3. The second kappa shape index (κ2) is 16.2. The van der Waals surface area contributed by atoms with Crippen LogP contribution >= 0.6 is 0 Å². The van der Waals surface area contributed by atoms with Crippen molar-refractivity contribution in [1.82, 2.24) is 9.80 Å². The maximum absolute atomic E-state index is 14.3. The largest absolute Gasteiger partial charge is 0.394 e. The van der Waals surface area contributed by atoms with E-state index in [4.69, 9.17) is 5.11 Å². The van der Waals surface area contributed by atoms with Crippen LogP contribution in [-0.2, 0) is 0 Å². The summed E-state index contributed by atoms with van der Waals surface area (Å²) in [6.07, 6.45) is 7.27. The number of benzene rings is 1. The Morgan fingerprint density at radius 3 is 2.38 bits per heavy atom. The summed E-state index contributed by atoms with van der Waals surface area (Å²) in [4.78, 5) is 16.2. The Kier molecular flexibility index (Phi) is 14.9. The first-order valence-corrected chi connectivity index (χ1v) is 10.9. The van der Waals surface area contributed by atoms with Gasteiger partial charge in [-0.3, -0.25) is 0 Å². The third kappa shape index (κ3) is 9.32. The van der Waals surface area contributed by atoms with Gasteiger partial charge in [-0.1, -0.05) is 50.6 Å². The molecule has 1 aromatic rings. The average molecular weight is 453 g/mol. The van der Waals surface area contributed by atoms with Crippen LogP contribution in [0.4, 0.5) is 13.6 Å². The van der Waals surface area contributed by atoms with E-state index in [0.29, 0.717) is 12.0 Å². The zero-order chi connectivity index (χ0) is 24.7. The molecule has 1 atom stereocenters. The fourth-order valence-electron chi connectivity index (χ4n) is 3.02. The minimum atomic E-state index is -0.565. The van der Waals surface area contributed by atoms with E-state index in [-0.39, 0.29) is 43.9 Å². The molecule has 0 heterocycles. The summed E-state index contributed by atoms with van der Waals surface area (Å²) in [6, 6.07) is 2.56. The fraction of sp³-hybridized carbons (Fsp3) is 0.480. The second-order valence-electron chi connectivity index (χ2n) is 7.06. The number of urea groups is 1. The van der Waals surface area contributed by atoms with Crippen LogP contribution in [0, 0.1) is 11.6 Å². The van der Waals surface area contributed by atoms with Crippen molar-refractivity contribution in [2.75, 3.05) is 33.4 Å². The van der Waals surface area contributed by atoms with E-state index >= 15 is 0 Å². The summed E-state index contributed by atoms with van der Waals surface area (Å²) in [6.45, 7) is 9.47. The van der Waals surface area contributed by atoms with Gasteiger partial charge in [-0.15, -0.1) is 0 Å². The molecule has 1 unspecified atom stereocenters. The number of nitrogens with zero attached hydrogens (tertiary/aromatic N) is 2. The highest BCUT2D eigenvalue weighted by Gasteiger charge is 2.25. The SMILES string of the molecule is C/C=C(\CN(C/C(C)=C/C=C\CO)C(=O)N(C)C(CC)CO)c1cc(F)ccc1F.CC. The van der Waals surface area contributed by atoms with E-state index in [0.717, 1.165) is 23.8 Å². The van der Waals surface area contributed by atoms with Crippen LogP contribution in [0.2, 0.25) is 0 Å². The number of likely N-dealkylation sites (N-methyl/N-ethyl adjacent to an activating group) is 1. The number of carbonyl (C=O) groups is 1. The molecule has 0 saturated carbocycles. The Balaban J connectivity index is 0.00000466. The number of allylic oxidation sites excluding steroid dienone is 3. The molecule has 2 N–H and O–H groups in total. The summed E-state index contributed by atoms with van der Waals surface area (Å²) in [5, 5.41) is 18.4. The van der Waals surface area contributed by atoms with Gasteiger partial charge in [0.15, 0.2) is 0 Å². The minimum Gasteiger partial charge on any atom is -0.394 e. The number of rotatable bonds is 10. The van der Waals surface area contributed by atoms with E-state index in [1.54, 1.807) is 38.3 Å². The monoisotopic (exact) mass is 452 g/mol. The fourth-order valence-corrected chi connectivity index (χ4v) is 3.02. The zero-order valence-corrected chi connectivity index (χ0v) is 20.1. The third-order valence-electron chi connectivity index (χ3n) is 4.85. The highest BCUT2D eigenvalue weighted by molar-refractivity contribution is 5.78. The molecule has 0 radical (unpaired) electrons. The van der Waals surface area contributed by atoms with Gasteiger partial charge < -0.3 is 20.0 Å². The number of amides is 2. The van der Waals surface area contributed by atoms with Gasteiger partial charge in [0, 0.05) is 25.7 Å². The van der Waals surface area contributed by atoms with Gasteiger partial charge in [0.1, 0.15) is 11.6 Å². The molecule has 180 valence electrons. The van der Waals surface area contributed by atoms with Gasteiger partial charge in [-0.05, 0) is 44.0 Å². The van der Waals surface area contributed by atoms with Crippen molar-refractivity contribution in [3.8, 4) is 0 Å². The van der Waals surface area contributed by atoms with Gasteiger partial charge in [0.25, 0.3) is 0 Å². The minimum absolute atomic E-state index is 0.0663. The van der Waals surface area contributed by atoms with E-state index in [1.807, 2.05) is 27.7 Å². The first kappa shape index (κ1) is 29.5. The average Bonchev–Trinajstić information content (AvgIpc) is 2.80. The van der Waals surface area contributed by atoms with Crippen LogP contribution in [-0.4, -0.2) is 65.4 Å². The lowest BCUT2D eigenvalue weighted by molar-refractivity contribution is 0.124. The summed E-state index contributed by atoms with van der Waals surface area (Å²) in [5.74, 6) is -1.12.